The second-order valence-electron chi connectivity index (χ2n) is 7.82. The Balaban J connectivity index is 1.66. The molecule has 0 spiro atoms. The van der Waals surface area contributed by atoms with Gasteiger partial charge in [0, 0.05) is 25.6 Å². The molecule has 1 heteroatoms. The molecule has 0 N–H and O–H groups in total. The Morgan fingerprint density at radius 2 is 1.07 bits per heavy atom. The minimum absolute atomic E-state index is 1.30. The van der Waals surface area contributed by atoms with Gasteiger partial charge in [-0.15, -0.1) is 11.3 Å². The highest BCUT2D eigenvalue weighted by atomic mass is 32.1. The van der Waals surface area contributed by atoms with E-state index in [1.54, 1.807) is 0 Å². The molecule has 1 heterocycles. The van der Waals surface area contributed by atoms with Crippen molar-refractivity contribution in [3.63, 3.8) is 0 Å². The lowest BCUT2D eigenvalue weighted by atomic mass is 9.98. The highest BCUT2D eigenvalue weighted by Crippen LogP contribution is 2.42. The minimum Gasteiger partial charge on any atom is -0.135 e. The van der Waals surface area contributed by atoms with Gasteiger partial charge in [-0.2, -0.15) is 0 Å². The van der Waals surface area contributed by atoms with Gasteiger partial charge in [0.25, 0.3) is 0 Å². The van der Waals surface area contributed by atoms with Crippen molar-refractivity contribution in [1.82, 2.24) is 0 Å². The molecular weight excluding hydrogens is 368 g/mol. The third-order valence-corrected chi connectivity index (χ3v) is 7.37. The van der Waals surface area contributed by atoms with Crippen LogP contribution < -0.4 is 0 Å². The van der Waals surface area contributed by atoms with Crippen molar-refractivity contribution in [2.75, 3.05) is 0 Å². The Kier molecular flexibility index (Phi) is 2.97. The Hall–Kier alpha value is -3.42. The van der Waals surface area contributed by atoms with Crippen LogP contribution in [0.5, 0.6) is 0 Å². The zero-order chi connectivity index (χ0) is 18.9. The maximum atomic E-state index is 2.39. The molecule has 0 fully saturated rings. The van der Waals surface area contributed by atoms with Gasteiger partial charge < -0.3 is 0 Å². The van der Waals surface area contributed by atoms with Crippen LogP contribution in [0.25, 0.3) is 63.3 Å². The van der Waals surface area contributed by atoms with Crippen molar-refractivity contribution in [3.05, 3.63) is 97.1 Å². The minimum atomic E-state index is 1.30. The van der Waals surface area contributed by atoms with Gasteiger partial charge in [0.2, 0.25) is 0 Å². The third-order valence-electron chi connectivity index (χ3n) is 6.16. The topological polar surface area (TPSA) is 0 Å². The number of fused-ring (bicyclic) bond motifs is 9. The summed E-state index contributed by atoms with van der Waals surface area (Å²) >= 11 is 1.92. The SMILES string of the molecule is c1ccc2cc3cc4c(ccc5c4sc4ccc6ccccc6c45)cc3cc2c1. The van der Waals surface area contributed by atoms with Gasteiger partial charge in [-0.3, -0.25) is 0 Å². The molecule has 134 valence electrons. The molecule has 0 aliphatic rings. The molecule has 1 aromatic heterocycles. The van der Waals surface area contributed by atoms with E-state index in [2.05, 4.69) is 97.1 Å². The fourth-order valence-electron chi connectivity index (χ4n) is 4.77. The van der Waals surface area contributed by atoms with Crippen LogP contribution in [0.2, 0.25) is 0 Å². The number of hydrogen-bond acceptors (Lipinski definition) is 1. The largest absolute Gasteiger partial charge is 0.135 e. The lowest BCUT2D eigenvalue weighted by Crippen LogP contribution is -1.79. The van der Waals surface area contributed by atoms with Crippen LogP contribution >= 0.6 is 11.3 Å². The highest BCUT2D eigenvalue weighted by Gasteiger charge is 2.12. The van der Waals surface area contributed by atoms with Crippen molar-refractivity contribution in [2.45, 2.75) is 0 Å². The molecule has 0 bridgehead atoms. The molecule has 6 aromatic carbocycles. The van der Waals surface area contributed by atoms with Crippen molar-refractivity contribution in [1.29, 1.82) is 0 Å². The van der Waals surface area contributed by atoms with Gasteiger partial charge in [0.1, 0.15) is 0 Å². The standard InChI is InChI=1S/C28H16S/c1-2-7-19-14-22-16-25-20(15-21(22)13-18(19)6-1)9-11-24-27-23-8-4-3-5-17(23)10-12-26(27)29-28(24)25/h1-16H. The molecule has 7 rings (SSSR count). The van der Waals surface area contributed by atoms with E-state index in [1.165, 1.54) is 63.3 Å². The lowest BCUT2D eigenvalue weighted by molar-refractivity contribution is 1.79. The first-order valence-corrected chi connectivity index (χ1v) is 10.8. The van der Waals surface area contributed by atoms with E-state index in [0.717, 1.165) is 0 Å². The smallest absolute Gasteiger partial charge is 0.0434 e. The van der Waals surface area contributed by atoms with E-state index in [1.807, 2.05) is 11.3 Å². The summed E-state index contributed by atoms with van der Waals surface area (Å²) in [6.07, 6.45) is 0. The zero-order valence-electron chi connectivity index (χ0n) is 15.6. The van der Waals surface area contributed by atoms with Crippen LogP contribution in [0.3, 0.4) is 0 Å². The molecule has 0 saturated heterocycles. The molecular formula is C28H16S. The Morgan fingerprint density at radius 1 is 0.414 bits per heavy atom. The predicted molar refractivity (Wildman–Crippen MR) is 129 cm³/mol. The molecule has 0 atom stereocenters. The van der Waals surface area contributed by atoms with E-state index in [-0.39, 0.29) is 0 Å². The van der Waals surface area contributed by atoms with E-state index in [9.17, 15) is 0 Å². The van der Waals surface area contributed by atoms with Crippen LogP contribution in [-0.2, 0) is 0 Å². The maximum absolute atomic E-state index is 2.39. The van der Waals surface area contributed by atoms with Gasteiger partial charge in [0.15, 0.2) is 0 Å². The quantitative estimate of drug-likeness (QED) is 0.229. The molecule has 29 heavy (non-hydrogen) atoms. The van der Waals surface area contributed by atoms with E-state index in [0.29, 0.717) is 0 Å². The molecule has 7 aromatic rings. The monoisotopic (exact) mass is 384 g/mol. The van der Waals surface area contributed by atoms with E-state index >= 15 is 0 Å². The van der Waals surface area contributed by atoms with Crippen LogP contribution in [0.4, 0.5) is 0 Å². The summed E-state index contributed by atoms with van der Waals surface area (Å²) in [4.78, 5) is 0. The Morgan fingerprint density at radius 3 is 1.90 bits per heavy atom. The molecule has 0 amide bonds. The number of rotatable bonds is 0. The first-order valence-electron chi connectivity index (χ1n) is 9.94. The Bertz CT molecular complexity index is 1750. The van der Waals surface area contributed by atoms with Crippen molar-refractivity contribution in [3.8, 4) is 0 Å². The van der Waals surface area contributed by atoms with Crippen LogP contribution in [0.15, 0.2) is 97.1 Å². The average molecular weight is 385 g/mol. The summed E-state index contributed by atoms with van der Waals surface area (Å²) in [6.45, 7) is 0. The van der Waals surface area contributed by atoms with Gasteiger partial charge >= 0.3 is 0 Å². The van der Waals surface area contributed by atoms with Crippen LogP contribution in [0.1, 0.15) is 0 Å². The molecule has 0 radical (unpaired) electrons. The second kappa shape index (κ2) is 5.56. The normalized spacial score (nSPS) is 12.1. The van der Waals surface area contributed by atoms with Crippen LogP contribution in [0, 0.1) is 0 Å². The summed E-state index contributed by atoms with van der Waals surface area (Å²) in [5.74, 6) is 0. The molecule has 0 aliphatic carbocycles. The predicted octanol–water partition coefficient (Wildman–Crippen LogP) is 8.67. The Labute approximate surface area is 171 Å². The summed E-state index contributed by atoms with van der Waals surface area (Å²) in [7, 11) is 0. The maximum Gasteiger partial charge on any atom is 0.0434 e. The van der Waals surface area contributed by atoms with Crippen molar-refractivity contribution in [2.24, 2.45) is 0 Å². The third kappa shape index (κ3) is 2.14. The fourth-order valence-corrected chi connectivity index (χ4v) is 6.01. The number of hydrogen-bond donors (Lipinski definition) is 0. The summed E-state index contributed by atoms with van der Waals surface area (Å²) < 4.78 is 2.76. The molecule has 0 nitrogen and oxygen atoms in total. The summed E-state index contributed by atoms with van der Waals surface area (Å²) in [5, 5.41) is 13.3. The summed E-state index contributed by atoms with van der Waals surface area (Å²) in [5.41, 5.74) is 0. The molecule has 0 aliphatic heterocycles. The highest BCUT2D eigenvalue weighted by molar-refractivity contribution is 7.26. The van der Waals surface area contributed by atoms with Gasteiger partial charge in [-0.1, -0.05) is 66.7 Å². The van der Waals surface area contributed by atoms with Crippen molar-refractivity contribution < 1.29 is 0 Å². The fraction of sp³-hybridized carbons (Fsp3) is 0. The van der Waals surface area contributed by atoms with Gasteiger partial charge in [0.05, 0.1) is 0 Å². The lowest BCUT2D eigenvalue weighted by Gasteiger charge is -2.06. The van der Waals surface area contributed by atoms with Crippen molar-refractivity contribution >= 4 is 74.6 Å². The average Bonchev–Trinajstić information content (AvgIpc) is 3.16. The summed E-state index contributed by atoms with van der Waals surface area (Å²) in [6, 6.07) is 35.8. The number of thiophene rings is 1. The first kappa shape index (κ1) is 15.5. The molecule has 0 saturated carbocycles. The van der Waals surface area contributed by atoms with Crippen LogP contribution in [-0.4, -0.2) is 0 Å². The van der Waals surface area contributed by atoms with E-state index < -0.39 is 0 Å². The van der Waals surface area contributed by atoms with Gasteiger partial charge in [-0.25, -0.2) is 0 Å². The van der Waals surface area contributed by atoms with E-state index in [4.69, 9.17) is 0 Å². The zero-order valence-corrected chi connectivity index (χ0v) is 16.5. The second-order valence-corrected chi connectivity index (χ2v) is 8.88. The van der Waals surface area contributed by atoms with Gasteiger partial charge in [-0.05, 0) is 68.0 Å². The first-order chi connectivity index (χ1) is 14.3. The number of benzene rings is 6. The molecule has 0 unspecified atom stereocenters.